The smallest absolute Gasteiger partial charge is 0.248 e. The molecule has 0 N–H and O–H groups in total. The molecule has 0 saturated carbocycles. The van der Waals surface area contributed by atoms with Gasteiger partial charge in [0.25, 0.3) is 0 Å². The van der Waals surface area contributed by atoms with Gasteiger partial charge in [-0.15, -0.1) is 0 Å². The van der Waals surface area contributed by atoms with Crippen molar-refractivity contribution in [3.05, 3.63) is 23.7 Å². The maximum Gasteiger partial charge on any atom is 0.248 e. The Morgan fingerprint density at radius 3 is 3.00 bits per heavy atom. The van der Waals surface area contributed by atoms with Crippen molar-refractivity contribution in [2.45, 2.75) is 6.92 Å². The van der Waals surface area contributed by atoms with Crippen molar-refractivity contribution in [1.82, 2.24) is 9.97 Å². The van der Waals surface area contributed by atoms with E-state index in [0.717, 1.165) is 0 Å². The summed E-state index contributed by atoms with van der Waals surface area (Å²) in [6.45, 7) is 1.74. The number of aryl methyl sites for hydroxylation is 1. The Kier molecular flexibility index (Phi) is 1.31. The summed E-state index contributed by atoms with van der Waals surface area (Å²) in [4.78, 5) is 7.97. The van der Waals surface area contributed by atoms with Crippen LogP contribution in [0.3, 0.4) is 0 Å². The van der Waals surface area contributed by atoms with Gasteiger partial charge in [0.2, 0.25) is 5.71 Å². The quantitative estimate of drug-likeness (QED) is 0.582. The van der Waals surface area contributed by atoms with Crippen LogP contribution in [0.4, 0.5) is 0 Å². The molecule has 0 radical (unpaired) electrons. The third-order valence-corrected chi connectivity index (χ3v) is 1.48. The Bertz CT molecular complexity index is 467. The summed E-state index contributed by atoms with van der Waals surface area (Å²) in [5.74, 6) is 0.563. The van der Waals surface area contributed by atoms with Crippen molar-refractivity contribution < 1.29 is 4.42 Å². The average molecular weight is 159 g/mol. The van der Waals surface area contributed by atoms with Crippen molar-refractivity contribution in [2.75, 3.05) is 0 Å². The lowest BCUT2D eigenvalue weighted by Crippen LogP contribution is -1.80. The van der Waals surface area contributed by atoms with Crippen LogP contribution in [0.25, 0.3) is 11.2 Å². The fourth-order valence-electron chi connectivity index (χ4n) is 0.988. The third kappa shape index (κ3) is 0.920. The molecule has 0 unspecified atom stereocenters. The fraction of sp³-hybridized carbons (Fsp3) is 0.125. The van der Waals surface area contributed by atoms with E-state index in [4.69, 9.17) is 9.68 Å². The van der Waals surface area contributed by atoms with E-state index in [-0.39, 0.29) is 0 Å². The monoisotopic (exact) mass is 159 g/mol. The molecular weight excluding hydrogens is 154 g/mol. The van der Waals surface area contributed by atoms with E-state index in [0.29, 0.717) is 22.8 Å². The highest BCUT2D eigenvalue weighted by atomic mass is 16.4. The molecule has 58 valence electrons. The van der Waals surface area contributed by atoms with Crippen LogP contribution in [-0.2, 0) is 0 Å². The summed E-state index contributed by atoms with van der Waals surface area (Å²) in [6, 6.07) is 5.26. The van der Waals surface area contributed by atoms with Crippen molar-refractivity contribution in [3.63, 3.8) is 0 Å². The summed E-state index contributed by atoms with van der Waals surface area (Å²) in [5.41, 5.74) is 1.46. The lowest BCUT2D eigenvalue weighted by Gasteiger charge is -1.84. The lowest BCUT2D eigenvalue weighted by atomic mass is 10.3. The Morgan fingerprint density at radius 1 is 1.42 bits per heavy atom. The minimum Gasteiger partial charge on any atom is -0.423 e. The van der Waals surface area contributed by atoms with E-state index in [9.17, 15) is 0 Å². The number of pyridine rings is 1. The summed E-state index contributed by atoms with van der Waals surface area (Å²) in [5, 5.41) is 8.53. The van der Waals surface area contributed by atoms with Crippen molar-refractivity contribution in [3.8, 4) is 6.07 Å². The first-order chi connectivity index (χ1) is 5.79. The third-order valence-electron chi connectivity index (χ3n) is 1.48. The van der Waals surface area contributed by atoms with Crippen molar-refractivity contribution in [2.24, 2.45) is 0 Å². The second-order valence-corrected chi connectivity index (χ2v) is 2.37. The van der Waals surface area contributed by atoms with Gasteiger partial charge in [0, 0.05) is 6.92 Å². The van der Waals surface area contributed by atoms with E-state index < -0.39 is 0 Å². The average Bonchev–Trinajstić information content (AvgIpc) is 2.43. The molecule has 0 aromatic carbocycles. The zero-order valence-electron chi connectivity index (χ0n) is 6.40. The number of hydrogen-bond acceptors (Lipinski definition) is 4. The predicted molar refractivity (Wildman–Crippen MR) is 41.3 cm³/mol. The molecule has 0 spiro atoms. The van der Waals surface area contributed by atoms with Crippen LogP contribution < -0.4 is 0 Å². The summed E-state index contributed by atoms with van der Waals surface area (Å²) in [6.07, 6.45) is 0. The van der Waals surface area contributed by atoms with Gasteiger partial charge in [0.1, 0.15) is 17.3 Å². The molecule has 2 heterocycles. The summed E-state index contributed by atoms with van der Waals surface area (Å²) < 4.78 is 5.14. The van der Waals surface area contributed by atoms with Gasteiger partial charge in [-0.25, -0.2) is 9.97 Å². The van der Waals surface area contributed by atoms with Gasteiger partial charge in [0.15, 0.2) is 5.89 Å². The van der Waals surface area contributed by atoms with Crippen LogP contribution in [0.1, 0.15) is 11.6 Å². The van der Waals surface area contributed by atoms with E-state index in [1.54, 1.807) is 19.1 Å². The number of hydrogen-bond donors (Lipinski definition) is 0. The van der Waals surface area contributed by atoms with E-state index in [2.05, 4.69) is 9.97 Å². The number of nitriles is 1. The second-order valence-electron chi connectivity index (χ2n) is 2.37. The molecule has 0 fully saturated rings. The second kappa shape index (κ2) is 2.31. The Labute approximate surface area is 68.5 Å². The maximum atomic E-state index is 8.53. The van der Waals surface area contributed by atoms with Crippen LogP contribution in [0.15, 0.2) is 16.5 Å². The molecule has 2 rings (SSSR count). The SMILES string of the molecule is Cc1nc2ccc(C#N)nc2o1. The number of nitrogens with zero attached hydrogens (tertiary/aromatic N) is 3. The molecule has 0 saturated heterocycles. The largest absolute Gasteiger partial charge is 0.423 e. The van der Waals surface area contributed by atoms with Gasteiger partial charge in [-0.2, -0.15) is 5.26 Å². The predicted octanol–water partition coefficient (Wildman–Crippen LogP) is 1.40. The Hall–Kier alpha value is -1.89. The normalized spacial score (nSPS) is 10.0. The molecule has 0 aliphatic heterocycles. The van der Waals surface area contributed by atoms with Crippen LogP contribution in [0.2, 0.25) is 0 Å². The van der Waals surface area contributed by atoms with E-state index in [1.165, 1.54) is 0 Å². The number of fused-ring (bicyclic) bond motifs is 1. The van der Waals surface area contributed by atoms with E-state index in [1.807, 2.05) is 6.07 Å². The molecule has 4 heteroatoms. The fourth-order valence-corrected chi connectivity index (χ4v) is 0.988. The van der Waals surface area contributed by atoms with Gasteiger partial charge in [-0.05, 0) is 12.1 Å². The lowest BCUT2D eigenvalue weighted by molar-refractivity contribution is 0.551. The number of oxazole rings is 1. The number of aromatic nitrogens is 2. The first-order valence-electron chi connectivity index (χ1n) is 3.44. The van der Waals surface area contributed by atoms with Gasteiger partial charge >= 0.3 is 0 Å². The van der Waals surface area contributed by atoms with Crippen LogP contribution in [0, 0.1) is 18.3 Å². The minimum absolute atomic E-state index is 0.346. The first-order valence-corrected chi connectivity index (χ1v) is 3.44. The van der Waals surface area contributed by atoms with Crippen LogP contribution in [-0.4, -0.2) is 9.97 Å². The highest BCUT2D eigenvalue weighted by Crippen LogP contribution is 2.12. The Balaban J connectivity index is 2.77. The molecule has 2 aromatic heterocycles. The number of rotatable bonds is 0. The van der Waals surface area contributed by atoms with Crippen LogP contribution in [0.5, 0.6) is 0 Å². The molecule has 0 aliphatic carbocycles. The first kappa shape index (κ1) is 6.80. The Morgan fingerprint density at radius 2 is 2.25 bits per heavy atom. The molecule has 0 amide bonds. The van der Waals surface area contributed by atoms with Gasteiger partial charge in [-0.3, -0.25) is 0 Å². The zero-order valence-corrected chi connectivity index (χ0v) is 6.40. The molecule has 0 aliphatic rings. The topological polar surface area (TPSA) is 62.7 Å². The minimum atomic E-state index is 0.346. The molecule has 0 atom stereocenters. The van der Waals surface area contributed by atoms with Crippen molar-refractivity contribution >= 4 is 11.2 Å². The standard InChI is InChI=1S/C8H5N3O/c1-5-10-7-3-2-6(4-9)11-8(7)12-5/h2-3H,1H3. The van der Waals surface area contributed by atoms with Gasteiger partial charge in [-0.1, -0.05) is 0 Å². The van der Waals surface area contributed by atoms with E-state index >= 15 is 0 Å². The van der Waals surface area contributed by atoms with Crippen LogP contribution >= 0.6 is 0 Å². The zero-order chi connectivity index (χ0) is 8.55. The highest BCUT2D eigenvalue weighted by Gasteiger charge is 2.03. The molecule has 12 heavy (non-hydrogen) atoms. The summed E-state index contributed by atoms with van der Waals surface area (Å²) in [7, 11) is 0. The molecule has 0 bridgehead atoms. The molecule has 2 aromatic rings. The highest BCUT2D eigenvalue weighted by molar-refractivity contribution is 5.68. The molecular formula is C8H5N3O. The maximum absolute atomic E-state index is 8.53. The van der Waals surface area contributed by atoms with Gasteiger partial charge in [0.05, 0.1) is 0 Å². The van der Waals surface area contributed by atoms with Crippen molar-refractivity contribution in [1.29, 1.82) is 5.26 Å². The summed E-state index contributed by atoms with van der Waals surface area (Å²) >= 11 is 0. The molecule has 4 nitrogen and oxygen atoms in total. The van der Waals surface area contributed by atoms with Gasteiger partial charge < -0.3 is 4.42 Å².